The van der Waals surface area contributed by atoms with Crippen LogP contribution in [0.1, 0.15) is 6.92 Å². The molecular formula is C14H26N8O. The van der Waals surface area contributed by atoms with E-state index in [0.717, 1.165) is 51.2 Å². The molecular weight excluding hydrogens is 296 g/mol. The summed E-state index contributed by atoms with van der Waals surface area (Å²) >= 11 is 0. The van der Waals surface area contributed by atoms with Gasteiger partial charge in [0.2, 0.25) is 5.91 Å². The van der Waals surface area contributed by atoms with Gasteiger partial charge in [-0.1, -0.05) is 6.92 Å². The highest BCUT2D eigenvalue weighted by Gasteiger charge is 2.28. The summed E-state index contributed by atoms with van der Waals surface area (Å²) in [4.78, 5) is 23.4. The number of guanidine groups is 2. The zero-order valence-electron chi connectivity index (χ0n) is 13.6. The smallest absolute Gasteiger partial charge is 0.243 e. The average Bonchev–Trinajstić information content (AvgIpc) is 3.22. The number of likely N-dealkylation sites (N-methyl/N-ethyl adjacent to an activating group) is 1. The quantitative estimate of drug-likeness (QED) is 0.386. The fourth-order valence-corrected chi connectivity index (χ4v) is 2.95. The van der Waals surface area contributed by atoms with Crippen LogP contribution in [-0.4, -0.2) is 87.2 Å². The van der Waals surface area contributed by atoms with E-state index in [1.54, 1.807) is 0 Å². The van der Waals surface area contributed by atoms with Crippen molar-refractivity contribution < 1.29 is 4.79 Å². The molecule has 0 spiro atoms. The molecule has 0 aromatic rings. The summed E-state index contributed by atoms with van der Waals surface area (Å²) in [6.45, 7) is 8.36. The van der Waals surface area contributed by atoms with E-state index in [0.29, 0.717) is 13.1 Å². The second-order valence-electron chi connectivity index (χ2n) is 5.95. The van der Waals surface area contributed by atoms with Crippen molar-refractivity contribution in [3.05, 3.63) is 0 Å². The van der Waals surface area contributed by atoms with Crippen LogP contribution in [0.2, 0.25) is 0 Å². The number of aliphatic imine (C=N–C) groups is 2. The lowest BCUT2D eigenvalue weighted by atomic mass is 10.1. The van der Waals surface area contributed by atoms with Crippen LogP contribution in [0.25, 0.3) is 0 Å². The van der Waals surface area contributed by atoms with Crippen LogP contribution in [0.5, 0.6) is 0 Å². The zero-order chi connectivity index (χ0) is 16.1. The number of rotatable bonds is 3. The van der Waals surface area contributed by atoms with Crippen LogP contribution in [0.4, 0.5) is 0 Å². The first-order valence-electron chi connectivity index (χ1n) is 8.34. The lowest BCUT2D eigenvalue weighted by Crippen LogP contribution is -2.61. The largest absolute Gasteiger partial charge is 0.355 e. The summed E-state index contributed by atoms with van der Waals surface area (Å²) in [5.41, 5.74) is 0. The highest BCUT2D eigenvalue weighted by atomic mass is 16.2. The molecule has 0 aliphatic carbocycles. The number of carbonyl (C=O) groups is 1. The van der Waals surface area contributed by atoms with Crippen LogP contribution in [0.3, 0.4) is 0 Å². The van der Waals surface area contributed by atoms with Gasteiger partial charge in [0.15, 0.2) is 11.9 Å². The normalized spacial score (nSPS) is 28.7. The molecule has 0 bridgehead atoms. The predicted octanol–water partition coefficient (Wildman–Crippen LogP) is -2.73. The molecule has 5 N–H and O–H groups in total. The van der Waals surface area contributed by atoms with E-state index in [1.807, 2.05) is 0 Å². The van der Waals surface area contributed by atoms with Crippen molar-refractivity contribution in [2.45, 2.75) is 19.0 Å². The lowest BCUT2D eigenvalue weighted by Gasteiger charge is -2.34. The van der Waals surface area contributed by atoms with Crippen molar-refractivity contribution >= 4 is 17.8 Å². The molecule has 0 aromatic heterocycles. The van der Waals surface area contributed by atoms with Gasteiger partial charge < -0.3 is 26.6 Å². The van der Waals surface area contributed by atoms with Gasteiger partial charge in [0.25, 0.3) is 0 Å². The maximum atomic E-state index is 12.4. The van der Waals surface area contributed by atoms with Gasteiger partial charge in [0.05, 0.1) is 19.1 Å². The number of nitrogens with one attached hydrogen (secondary N) is 5. The summed E-state index contributed by atoms with van der Waals surface area (Å²) in [6.07, 6.45) is 0. The second-order valence-corrected chi connectivity index (χ2v) is 5.95. The number of hydrogen-bond acceptors (Lipinski definition) is 8. The van der Waals surface area contributed by atoms with Gasteiger partial charge in [0.1, 0.15) is 6.04 Å². The van der Waals surface area contributed by atoms with E-state index >= 15 is 0 Å². The van der Waals surface area contributed by atoms with Crippen LogP contribution in [0.15, 0.2) is 9.98 Å². The number of nitrogens with zero attached hydrogens (tertiary/aromatic N) is 3. The van der Waals surface area contributed by atoms with Gasteiger partial charge in [0, 0.05) is 32.7 Å². The summed E-state index contributed by atoms with van der Waals surface area (Å²) in [6, 6.07) is -0.145. The minimum atomic E-state index is -0.290. The Morgan fingerprint density at radius 3 is 2.39 bits per heavy atom. The Hall–Kier alpha value is -2.03. The molecule has 3 aliphatic rings. The molecule has 0 aromatic carbocycles. The molecule has 1 amide bonds. The molecule has 0 unspecified atom stereocenters. The number of amides is 1. The maximum Gasteiger partial charge on any atom is 0.243 e. The Morgan fingerprint density at radius 1 is 1.09 bits per heavy atom. The van der Waals surface area contributed by atoms with Crippen molar-refractivity contribution in [2.75, 3.05) is 52.4 Å². The third-order valence-electron chi connectivity index (χ3n) is 4.21. The van der Waals surface area contributed by atoms with Gasteiger partial charge in [-0.3, -0.25) is 19.7 Å². The Bertz CT molecular complexity index is 491. The topological polar surface area (TPSA) is 105 Å². The standard InChI is InChI=1S/C14H26N8O/c1-2-22-8-10(20-13-15-3-4-16-13)7-19-12(23)11(9-22)21-14-17-5-6-18-14/h10-11H,2-9H2,1H3,(H,19,23)(H2,15,16,20)(H2,17,18,21)/t10-,11-/m0/s1. The lowest BCUT2D eigenvalue weighted by molar-refractivity contribution is -0.123. The van der Waals surface area contributed by atoms with Crippen molar-refractivity contribution in [1.82, 2.24) is 31.5 Å². The molecule has 0 saturated carbocycles. The van der Waals surface area contributed by atoms with Crippen LogP contribution in [-0.2, 0) is 4.79 Å². The summed E-state index contributed by atoms with van der Waals surface area (Å²) < 4.78 is 0. The first kappa shape index (κ1) is 15.9. The second kappa shape index (κ2) is 7.49. The fraction of sp³-hybridized carbons (Fsp3) is 0.786. The van der Waals surface area contributed by atoms with Gasteiger partial charge in [-0.05, 0) is 6.54 Å². The highest BCUT2D eigenvalue weighted by Crippen LogP contribution is 2.02. The molecule has 3 rings (SSSR count). The Kier molecular flexibility index (Phi) is 5.16. The SMILES string of the molecule is CCN1C[C@@H](NC2=NCCN2)CNC(=O)[C@@H](NC2=NCCN2)C1. The predicted molar refractivity (Wildman–Crippen MR) is 89.6 cm³/mol. The first-order valence-corrected chi connectivity index (χ1v) is 8.34. The molecule has 3 aliphatic heterocycles. The summed E-state index contributed by atoms with van der Waals surface area (Å²) in [5, 5.41) is 16.0. The zero-order valence-corrected chi connectivity index (χ0v) is 13.6. The highest BCUT2D eigenvalue weighted by molar-refractivity contribution is 5.90. The van der Waals surface area contributed by atoms with E-state index in [2.05, 4.69) is 48.4 Å². The molecule has 23 heavy (non-hydrogen) atoms. The molecule has 1 fully saturated rings. The molecule has 0 radical (unpaired) electrons. The van der Waals surface area contributed by atoms with Gasteiger partial charge in [-0.25, -0.2) is 0 Å². The first-order chi connectivity index (χ1) is 11.2. The Balaban J connectivity index is 1.60. The van der Waals surface area contributed by atoms with Crippen LogP contribution >= 0.6 is 0 Å². The van der Waals surface area contributed by atoms with Crippen molar-refractivity contribution in [3.8, 4) is 0 Å². The molecule has 9 nitrogen and oxygen atoms in total. The number of carbonyl (C=O) groups excluding carboxylic acids is 1. The van der Waals surface area contributed by atoms with Crippen molar-refractivity contribution in [3.63, 3.8) is 0 Å². The average molecular weight is 322 g/mol. The van der Waals surface area contributed by atoms with Crippen LogP contribution < -0.4 is 26.6 Å². The molecule has 9 heteroatoms. The molecule has 128 valence electrons. The van der Waals surface area contributed by atoms with Crippen LogP contribution in [0, 0.1) is 0 Å². The third-order valence-corrected chi connectivity index (χ3v) is 4.21. The van der Waals surface area contributed by atoms with Gasteiger partial charge >= 0.3 is 0 Å². The van der Waals surface area contributed by atoms with E-state index in [1.165, 1.54) is 0 Å². The number of hydrogen-bond donors (Lipinski definition) is 5. The van der Waals surface area contributed by atoms with E-state index in [4.69, 9.17) is 0 Å². The fourth-order valence-electron chi connectivity index (χ4n) is 2.95. The minimum Gasteiger partial charge on any atom is -0.355 e. The minimum absolute atomic E-state index is 0.00710. The molecule has 3 heterocycles. The van der Waals surface area contributed by atoms with E-state index in [-0.39, 0.29) is 18.0 Å². The molecule has 2 atom stereocenters. The Morgan fingerprint density at radius 2 is 1.78 bits per heavy atom. The van der Waals surface area contributed by atoms with Crippen molar-refractivity contribution in [1.29, 1.82) is 0 Å². The van der Waals surface area contributed by atoms with Gasteiger partial charge in [-0.15, -0.1) is 0 Å². The van der Waals surface area contributed by atoms with E-state index < -0.39 is 0 Å². The van der Waals surface area contributed by atoms with E-state index in [9.17, 15) is 4.79 Å². The van der Waals surface area contributed by atoms with Gasteiger partial charge in [-0.2, -0.15) is 0 Å². The Labute approximate surface area is 136 Å². The summed E-state index contributed by atoms with van der Waals surface area (Å²) in [5.74, 6) is 1.56. The van der Waals surface area contributed by atoms with Crippen molar-refractivity contribution in [2.24, 2.45) is 9.98 Å². The molecule has 1 saturated heterocycles. The maximum absolute atomic E-state index is 12.4. The summed E-state index contributed by atoms with van der Waals surface area (Å²) in [7, 11) is 0. The third kappa shape index (κ3) is 4.25. The monoisotopic (exact) mass is 322 g/mol.